The molecule has 2 aromatic heterocycles. The Morgan fingerprint density at radius 3 is 2.59 bits per heavy atom. The van der Waals surface area contributed by atoms with Gasteiger partial charge in [-0.2, -0.15) is 5.10 Å². The molecule has 0 saturated carbocycles. The quantitative estimate of drug-likeness (QED) is 0.674. The fourth-order valence-corrected chi connectivity index (χ4v) is 3.89. The lowest BCUT2D eigenvalue weighted by molar-refractivity contribution is -0.117. The van der Waals surface area contributed by atoms with Gasteiger partial charge in [-0.25, -0.2) is 4.39 Å². The van der Waals surface area contributed by atoms with E-state index in [1.54, 1.807) is 22.3 Å². The summed E-state index contributed by atoms with van der Waals surface area (Å²) >= 11 is 1.58. The lowest BCUT2D eigenvalue weighted by Crippen LogP contribution is -2.50. The van der Waals surface area contributed by atoms with Gasteiger partial charge < -0.3 is 10.2 Å². The van der Waals surface area contributed by atoms with Crippen molar-refractivity contribution in [3.63, 3.8) is 0 Å². The van der Waals surface area contributed by atoms with Gasteiger partial charge in [0.25, 0.3) is 5.91 Å². The highest BCUT2D eigenvalue weighted by Gasteiger charge is 2.25. The molecule has 0 radical (unpaired) electrons. The number of anilines is 1. The maximum atomic E-state index is 12.9. The molecule has 0 spiro atoms. The number of H-pyrrole nitrogens is 1. The molecular weight excluding hydrogens is 393 g/mol. The van der Waals surface area contributed by atoms with Gasteiger partial charge >= 0.3 is 0 Å². The minimum absolute atomic E-state index is 0.112. The van der Waals surface area contributed by atoms with Crippen LogP contribution in [-0.2, 0) is 4.79 Å². The van der Waals surface area contributed by atoms with Gasteiger partial charge in [0, 0.05) is 31.9 Å². The number of carbonyl (C=O) groups excluding carboxylic acids is 2. The molecule has 2 amide bonds. The van der Waals surface area contributed by atoms with Crippen molar-refractivity contribution in [2.45, 2.75) is 0 Å². The minimum Gasteiger partial charge on any atom is -0.335 e. The normalized spacial score (nSPS) is 14.7. The molecule has 1 aliphatic heterocycles. The van der Waals surface area contributed by atoms with Crippen LogP contribution in [0.3, 0.4) is 0 Å². The third-order valence-electron chi connectivity index (χ3n) is 4.74. The minimum atomic E-state index is -0.344. The number of rotatable bonds is 5. The van der Waals surface area contributed by atoms with Crippen LogP contribution in [-0.4, -0.2) is 64.5 Å². The van der Waals surface area contributed by atoms with Crippen molar-refractivity contribution in [3.05, 3.63) is 59.4 Å². The molecular formula is C20H20FN5O2S. The summed E-state index contributed by atoms with van der Waals surface area (Å²) in [6.07, 6.45) is 0. The fraction of sp³-hybridized carbons (Fsp3) is 0.250. The molecule has 1 aromatic carbocycles. The number of nitrogens with one attached hydrogen (secondary N) is 2. The lowest BCUT2D eigenvalue weighted by atomic mass is 10.2. The number of thiophene rings is 1. The van der Waals surface area contributed by atoms with Crippen LogP contribution in [0.15, 0.2) is 47.8 Å². The first kappa shape index (κ1) is 19.3. The van der Waals surface area contributed by atoms with E-state index in [4.69, 9.17) is 0 Å². The summed E-state index contributed by atoms with van der Waals surface area (Å²) in [6, 6.07) is 11.4. The summed E-state index contributed by atoms with van der Waals surface area (Å²) in [7, 11) is 0. The zero-order valence-electron chi connectivity index (χ0n) is 15.6. The first-order valence-corrected chi connectivity index (χ1v) is 10.1. The van der Waals surface area contributed by atoms with E-state index in [1.165, 1.54) is 24.3 Å². The highest BCUT2D eigenvalue weighted by molar-refractivity contribution is 7.13. The summed E-state index contributed by atoms with van der Waals surface area (Å²) in [6.45, 7) is 2.49. The number of carbonyl (C=O) groups is 2. The average Bonchev–Trinajstić information content (AvgIpc) is 3.41. The van der Waals surface area contributed by atoms with Gasteiger partial charge in [0.2, 0.25) is 5.91 Å². The number of hydrogen-bond acceptors (Lipinski definition) is 5. The van der Waals surface area contributed by atoms with Crippen LogP contribution in [0.1, 0.15) is 10.5 Å². The maximum absolute atomic E-state index is 12.9. The molecule has 2 N–H and O–H groups in total. The Labute approximate surface area is 171 Å². The van der Waals surface area contributed by atoms with Gasteiger partial charge in [-0.15, -0.1) is 11.3 Å². The molecule has 1 aliphatic rings. The highest BCUT2D eigenvalue weighted by atomic mass is 32.1. The second kappa shape index (κ2) is 8.54. The maximum Gasteiger partial charge on any atom is 0.274 e. The summed E-state index contributed by atoms with van der Waals surface area (Å²) in [5, 5.41) is 11.8. The Bertz CT molecular complexity index is 979. The Morgan fingerprint density at radius 2 is 1.90 bits per heavy atom. The number of aromatic amines is 1. The van der Waals surface area contributed by atoms with E-state index in [9.17, 15) is 14.0 Å². The topological polar surface area (TPSA) is 81.3 Å². The third-order valence-corrected chi connectivity index (χ3v) is 5.64. The van der Waals surface area contributed by atoms with E-state index in [0.717, 1.165) is 10.6 Å². The largest absolute Gasteiger partial charge is 0.335 e. The molecule has 0 bridgehead atoms. The van der Waals surface area contributed by atoms with E-state index >= 15 is 0 Å². The number of benzene rings is 1. The zero-order valence-corrected chi connectivity index (χ0v) is 16.4. The SMILES string of the molecule is O=C(CN1CCN(C(=O)c2cc(-c3cccs3)[nH]n2)CC1)Nc1ccc(F)cc1. The number of aromatic nitrogens is 2. The second-order valence-corrected chi connectivity index (χ2v) is 7.72. The Hall–Kier alpha value is -3.04. The Kier molecular flexibility index (Phi) is 5.68. The molecule has 1 saturated heterocycles. The van der Waals surface area contributed by atoms with E-state index in [-0.39, 0.29) is 24.2 Å². The van der Waals surface area contributed by atoms with Crippen molar-refractivity contribution in [3.8, 4) is 10.6 Å². The third kappa shape index (κ3) is 4.69. The van der Waals surface area contributed by atoms with Crippen molar-refractivity contribution >= 4 is 28.8 Å². The lowest BCUT2D eigenvalue weighted by Gasteiger charge is -2.33. The number of amides is 2. The smallest absolute Gasteiger partial charge is 0.274 e. The molecule has 0 unspecified atom stereocenters. The molecule has 0 atom stereocenters. The van der Waals surface area contributed by atoms with E-state index in [2.05, 4.69) is 15.5 Å². The van der Waals surface area contributed by atoms with Crippen LogP contribution < -0.4 is 5.32 Å². The van der Waals surface area contributed by atoms with Crippen LogP contribution >= 0.6 is 11.3 Å². The predicted molar refractivity (Wildman–Crippen MR) is 109 cm³/mol. The zero-order chi connectivity index (χ0) is 20.2. The molecule has 3 aromatic rings. The molecule has 7 nitrogen and oxygen atoms in total. The number of piperazine rings is 1. The van der Waals surface area contributed by atoms with Crippen molar-refractivity contribution < 1.29 is 14.0 Å². The Morgan fingerprint density at radius 1 is 1.14 bits per heavy atom. The summed E-state index contributed by atoms with van der Waals surface area (Å²) in [4.78, 5) is 29.7. The van der Waals surface area contributed by atoms with Crippen LogP contribution in [0.5, 0.6) is 0 Å². The molecule has 29 heavy (non-hydrogen) atoms. The van der Waals surface area contributed by atoms with Crippen molar-refractivity contribution in [2.75, 3.05) is 38.0 Å². The summed E-state index contributed by atoms with van der Waals surface area (Å²) in [5.74, 6) is -0.619. The van der Waals surface area contributed by atoms with E-state index in [1.807, 2.05) is 22.4 Å². The van der Waals surface area contributed by atoms with Gasteiger partial charge in [-0.05, 0) is 41.8 Å². The van der Waals surface area contributed by atoms with Gasteiger partial charge in [-0.1, -0.05) is 6.07 Å². The number of halogens is 1. The molecule has 3 heterocycles. The number of nitrogens with zero attached hydrogens (tertiary/aromatic N) is 3. The first-order chi connectivity index (χ1) is 14.1. The molecule has 1 fully saturated rings. The number of hydrogen-bond donors (Lipinski definition) is 2. The van der Waals surface area contributed by atoms with Crippen molar-refractivity contribution in [1.82, 2.24) is 20.0 Å². The van der Waals surface area contributed by atoms with Crippen LogP contribution in [0.4, 0.5) is 10.1 Å². The predicted octanol–water partition coefficient (Wildman–Crippen LogP) is 2.67. The van der Waals surface area contributed by atoms with Gasteiger partial charge in [0.1, 0.15) is 5.82 Å². The second-order valence-electron chi connectivity index (χ2n) is 6.77. The first-order valence-electron chi connectivity index (χ1n) is 9.25. The van der Waals surface area contributed by atoms with Gasteiger partial charge in [-0.3, -0.25) is 19.6 Å². The summed E-state index contributed by atoms with van der Waals surface area (Å²) < 4.78 is 12.9. The van der Waals surface area contributed by atoms with E-state index in [0.29, 0.717) is 37.6 Å². The van der Waals surface area contributed by atoms with E-state index < -0.39 is 0 Å². The molecule has 9 heteroatoms. The fourth-order valence-electron chi connectivity index (χ4n) is 3.20. The average molecular weight is 413 g/mol. The molecule has 0 aliphatic carbocycles. The Balaban J connectivity index is 1.27. The van der Waals surface area contributed by atoms with Crippen molar-refractivity contribution in [1.29, 1.82) is 0 Å². The van der Waals surface area contributed by atoms with Gasteiger partial charge in [0.05, 0.1) is 17.1 Å². The van der Waals surface area contributed by atoms with Crippen LogP contribution in [0, 0.1) is 5.82 Å². The molecule has 4 rings (SSSR count). The van der Waals surface area contributed by atoms with Crippen LogP contribution in [0.2, 0.25) is 0 Å². The summed E-state index contributed by atoms with van der Waals surface area (Å²) in [5.41, 5.74) is 1.79. The van der Waals surface area contributed by atoms with Crippen LogP contribution in [0.25, 0.3) is 10.6 Å². The monoisotopic (exact) mass is 413 g/mol. The standard InChI is InChI=1S/C20H20FN5O2S/c21-14-3-5-15(6-4-14)22-19(27)13-25-7-9-26(10-8-25)20(28)17-12-16(23-24-17)18-2-1-11-29-18/h1-6,11-12H,7-10,13H2,(H,22,27)(H,23,24). The highest BCUT2D eigenvalue weighted by Crippen LogP contribution is 2.23. The molecule has 150 valence electrons. The van der Waals surface area contributed by atoms with Gasteiger partial charge in [0.15, 0.2) is 5.69 Å². The van der Waals surface area contributed by atoms with Crippen molar-refractivity contribution in [2.24, 2.45) is 0 Å².